The number of hydrogen-bond acceptors (Lipinski definition) is 9. The number of nitrogens with zero attached hydrogens (tertiary/aromatic N) is 4. The van der Waals surface area contributed by atoms with Gasteiger partial charge >= 0.3 is 0 Å². The van der Waals surface area contributed by atoms with Crippen LogP contribution in [-0.4, -0.2) is 61.1 Å². The van der Waals surface area contributed by atoms with Gasteiger partial charge < -0.3 is 30.9 Å². The summed E-state index contributed by atoms with van der Waals surface area (Å²) >= 11 is 1.25. The Morgan fingerprint density at radius 1 is 1.18 bits per heavy atom. The first-order valence-electron chi connectivity index (χ1n) is 10.4. The van der Waals surface area contributed by atoms with E-state index < -0.39 is 11.7 Å². The van der Waals surface area contributed by atoms with E-state index in [-0.39, 0.29) is 11.7 Å². The number of ether oxygens (including phenoxy) is 1. The lowest BCUT2D eigenvalue weighted by Gasteiger charge is -2.34. The summed E-state index contributed by atoms with van der Waals surface area (Å²) < 4.78 is 20.7. The number of carbonyl (C=O) groups excluding carboxylic acids is 1. The fraction of sp³-hybridized carbons (Fsp3) is 0.318. The summed E-state index contributed by atoms with van der Waals surface area (Å²) in [6.07, 6.45) is 1.63. The zero-order valence-electron chi connectivity index (χ0n) is 18.7. The van der Waals surface area contributed by atoms with E-state index in [9.17, 15) is 4.79 Å². The number of rotatable bonds is 7. The van der Waals surface area contributed by atoms with E-state index in [4.69, 9.17) is 10.5 Å². The fourth-order valence-corrected chi connectivity index (χ4v) is 4.31. The van der Waals surface area contributed by atoms with E-state index in [0.29, 0.717) is 27.8 Å². The highest BCUT2D eigenvalue weighted by atomic mass is 32.1. The molecule has 0 aliphatic carbocycles. The summed E-state index contributed by atoms with van der Waals surface area (Å²) in [5, 5.41) is 7.94. The molecule has 33 heavy (non-hydrogen) atoms. The van der Waals surface area contributed by atoms with Gasteiger partial charge in [0.05, 0.1) is 24.2 Å². The van der Waals surface area contributed by atoms with Gasteiger partial charge in [0.25, 0.3) is 5.91 Å². The number of primary amides is 1. The monoisotopic (exact) mass is 471 g/mol. The largest absolute Gasteiger partial charge is 0.492 e. The number of amides is 1. The zero-order valence-corrected chi connectivity index (χ0v) is 19.5. The second kappa shape index (κ2) is 9.59. The average molecular weight is 472 g/mol. The van der Waals surface area contributed by atoms with E-state index in [1.807, 2.05) is 11.8 Å². The Hall–Kier alpha value is -3.44. The molecule has 1 fully saturated rings. The molecule has 0 atom stereocenters. The number of carbonyl (C=O) groups is 1. The van der Waals surface area contributed by atoms with Crippen LogP contribution in [0.25, 0.3) is 0 Å². The van der Waals surface area contributed by atoms with E-state index in [1.165, 1.54) is 18.4 Å². The number of aryl methyl sites for hydroxylation is 1. The van der Waals surface area contributed by atoms with Crippen LogP contribution in [0.5, 0.6) is 5.75 Å². The highest BCUT2D eigenvalue weighted by molar-refractivity contribution is 7.12. The molecule has 4 N–H and O–H groups in total. The van der Waals surface area contributed by atoms with Gasteiger partial charge in [0.2, 0.25) is 5.95 Å². The number of anilines is 5. The van der Waals surface area contributed by atoms with Crippen LogP contribution in [-0.2, 0) is 0 Å². The third-order valence-corrected chi connectivity index (χ3v) is 6.41. The number of halogens is 1. The molecular weight excluding hydrogens is 445 g/mol. The van der Waals surface area contributed by atoms with Crippen LogP contribution in [0.2, 0.25) is 0 Å². The molecule has 0 radical (unpaired) electrons. The standard InChI is InChI=1S/C22H26FN7O2S/c1-13-12-25-22(28-21(13)26-15-6-11-33-19(15)20(24)31)27-14-4-5-16(17(23)18(14)32-3)30-9-7-29(2)8-10-30/h4-6,11-12H,7-10H2,1-3H3,(H2,24,31)(H2,25,26,27,28). The fourth-order valence-electron chi connectivity index (χ4n) is 3.61. The van der Waals surface area contributed by atoms with E-state index in [1.54, 1.807) is 29.8 Å². The number of likely N-dealkylation sites (N-methyl/N-ethyl adjacent to an activating group) is 1. The molecule has 0 saturated carbocycles. The van der Waals surface area contributed by atoms with Gasteiger partial charge in [-0.1, -0.05) is 0 Å². The summed E-state index contributed by atoms with van der Waals surface area (Å²) in [5.41, 5.74) is 7.69. The van der Waals surface area contributed by atoms with Gasteiger partial charge in [-0.25, -0.2) is 9.37 Å². The number of thiophene rings is 1. The number of hydrogen-bond donors (Lipinski definition) is 3. The van der Waals surface area contributed by atoms with Crippen molar-refractivity contribution in [3.63, 3.8) is 0 Å². The maximum Gasteiger partial charge on any atom is 0.260 e. The minimum absolute atomic E-state index is 0.0963. The van der Waals surface area contributed by atoms with Gasteiger partial charge in [-0.3, -0.25) is 4.79 Å². The van der Waals surface area contributed by atoms with Crippen molar-refractivity contribution < 1.29 is 13.9 Å². The Kier molecular flexibility index (Phi) is 6.61. The van der Waals surface area contributed by atoms with Crippen molar-refractivity contribution in [1.82, 2.24) is 14.9 Å². The van der Waals surface area contributed by atoms with Crippen molar-refractivity contribution in [2.24, 2.45) is 5.73 Å². The molecule has 11 heteroatoms. The second-order valence-electron chi connectivity index (χ2n) is 7.77. The smallest absolute Gasteiger partial charge is 0.260 e. The molecule has 1 aliphatic heterocycles. The van der Waals surface area contributed by atoms with Crippen LogP contribution >= 0.6 is 11.3 Å². The minimum Gasteiger partial charge on any atom is -0.492 e. The van der Waals surface area contributed by atoms with E-state index >= 15 is 4.39 Å². The Morgan fingerprint density at radius 2 is 1.94 bits per heavy atom. The minimum atomic E-state index is -0.516. The molecule has 2 aromatic heterocycles. The van der Waals surface area contributed by atoms with Crippen molar-refractivity contribution >= 4 is 46.1 Å². The highest BCUT2D eigenvalue weighted by Gasteiger charge is 2.22. The molecule has 3 heterocycles. The molecule has 4 rings (SSSR count). The van der Waals surface area contributed by atoms with Crippen LogP contribution < -0.4 is 26.0 Å². The number of nitrogens with one attached hydrogen (secondary N) is 2. The molecular formula is C22H26FN7O2S. The maximum atomic E-state index is 15.3. The number of nitrogens with two attached hydrogens (primary N) is 1. The van der Waals surface area contributed by atoms with Gasteiger partial charge in [-0.15, -0.1) is 11.3 Å². The van der Waals surface area contributed by atoms with Crippen LogP contribution in [0.15, 0.2) is 29.8 Å². The molecule has 9 nitrogen and oxygen atoms in total. The Bertz CT molecular complexity index is 1160. The average Bonchev–Trinajstić information content (AvgIpc) is 3.26. The van der Waals surface area contributed by atoms with Crippen molar-refractivity contribution in [1.29, 1.82) is 0 Å². The Balaban J connectivity index is 1.58. The van der Waals surface area contributed by atoms with E-state index in [0.717, 1.165) is 31.7 Å². The SMILES string of the molecule is COc1c(Nc2ncc(C)c(Nc3ccsc3C(N)=O)n2)ccc(N2CCN(C)CC2)c1F. The van der Waals surface area contributed by atoms with Crippen LogP contribution in [0, 0.1) is 12.7 Å². The van der Waals surface area contributed by atoms with Gasteiger partial charge in [0.1, 0.15) is 10.7 Å². The van der Waals surface area contributed by atoms with Crippen LogP contribution in [0.1, 0.15) is 15.2 Å². The Morgan fingerprint density at radius 3 is 2.64 bits per heavy atom. The molecule has 0 bridgehead atoms. The van der Waals surface area contributed by atoms with Crippen molar-refractivity contribution in [2.75, 3.05) is 55.9 Å². The summed E-state index contributed by atoms with van der Waals surface area (Å²) in [7, 11) is 3.49. The van der Waals surface area contributed by atoms with Crippen molar-refractivity contribution in [2.45, 2.75) is 6.92 Å². The quantitative estimate of drug-likeness (QED) is 0.482. The van der Waals surface area contributed by atoms with Crippen molar-refractivity contribution in [3.8, 4) is 5.75 Å². The molecule has 3 aromatic rings. The maximum absolute atomic E-state index is 15.3. The van der Waals surface area contributed by atoms with Gasteiger partial charge in [-0.05, 0) is 37.6 Å². The van der Waals surface area contributed by atoms with Crippen LogP contribution in [0.4, 0.5) is 33.2 Å². The normalized spacial score (nSPS) is 14.2. The molecule has 174 valence electrons. The van der Waals surface area contributed by atoms with E-state index in [2.05, 4.69) is 32.5 Å². The molecule has 1 aliphatic rings. The predicted molar refractivity (Wildman–Crippen MR) is 129 cm³/mol. The molecule has 0 unspecified atom stereocenters. The number of aromatic nitrogens is 2. The van der Waals surface area contributed by atoms with Gasteiger partial charge in [-0.2, -0.15) is 4.98 Å². The lowest BCUT2D eigenvalue weighted by molar-refractivity contribution is 0.100. The lowest BCUT2D eigenvalue weighted by atomic mass is 10.2. The predicted octanol–water partition coefficient (Wildman–Crippen LogP) is 3.33. The number of piperazine rings is 1. The first-order valence-corrected chi connectivity index (χ1v) is 11.3. The third-order valence-electron chi connectivity index (χ3n) is 5.49. The summed E-state index contributed by atoms with van der Waals surface area (Å²) in [6.45, 7) is 5.07. The summed E-state index contributed by atoms with van der Waals surface area (Å²) in [6, 6.07) is 5.26. The molecule has 1 amide bonds. The van der Waals surface area contributed by atoms with Crippen molar-refractivity contribution in [3.05, 3.63) is 46.0 Å². The van der Waals surface area contributed by atoms with Gasteiger partial charge in [0, 0.05) is 37.9 Å². The highest BCUT2D eigenvalue weighted by Crippen LogP contribution is 2.36. The molecule has 0 spiro atoms. The molecule has 1 saturated heterocycles. The zero-order chi connectivity index (χ0) is 23.5. The third kappa shape index (κ3) is 4.83. The van der Waals surface area contributed by atoms with Gasteiger partial charge in [0.15, 0.2) is 11.6 Å². The topological polar surface area (TPSA) is 109 Å². The first kappa shape index (κ1) is 22.7. The summed E-state index contributed by atoms with van der Waals surface area (Å²) in [4.78, 5) is 25.1. The number of methoxy groups -OCH3 is 1. The summed E-state index contributed by atoms with van der Waals surface area (Å²) in [5.74, 6) is -0.0926. The Labute approximate surface area is 195 Å². The molecule has 1 aromatic carbocycles. The first-order chi connectivity index (χ1) is 15.9. The lowest BCUT2D eigenvalue weighted by Crippen LogP contribution is -2.44. The number of benzene rings is 1. The van der Waals surface area contributed by atoms with Crippen LogP contribution in [0.3, 0.4) is 0 Å². The second-order valence-corrected chi connectivity index (χ2v) is 8.69.